The Hall–Kier alpha value is -0.590. The van der Waals surface area contributed by atoms with E-state index in [9.17, 15) is 4.79 Å². The summed E-state index contributed by atoms with van der Waals surface area (Å²) in [4.78, 5) is 15.4. The van der Waals surface area contributed by atoms with Crippen molar-refractivity contribution in [2.75, 3.05) is 6.54 Å². The quantitative estimate of drug-likeness (QED) is 0.665. The standard InChI is InChI=1S/C14H14Br2N2OS/c1-8-3-4-11-9(2)18(6-5-17(8)11)14(19)12-7-10(15)13(16)20-12/h3-4,7,9H,5-6H2,1-2H3. The van der Waals surface area contributed by atoms with Crippen LogP contribution < -0.4 is 0 Å². The van der Waals surface area contributed by atoms with E-state index >= 15 is 0 Å². The Labute approximate surface area is 138 Å². The minimum absolute atomic E-state index is 0.110. The highest BCUT2D eigenvalue weighted by Gasteiger charge is 2.30. The number of hydrogen-bond donors (Lipinski definition) is 0. The Balaban J connectivity index is 1.90. The highest BCUT2D eigenvalue weighted by Crippen LogP contribution is 2.35. The van der Waals surface area contributed by atoms with Crippen LogP contribution in [0.4, 0.5) is 0 Å². The molecular weight excluding hydrogens is 404 g/mol. The molecule has 1 aliphatic rings. The van der Waals surface area contributed by atoms with Crippen molar-refractivity contribution in [1.29, 1.82) is 0 Å². The molecule has 0 fully saturated rings. The molecular formula is C14H14Br2N2OS. The SMILES string of the molecule is Cc1ccc2n1CCN(C(=O)c1cc(Br)c(Br)s1)C2C. The number of aryl methyl sites for hydroxylation is 1. The van der Waals surface area contributed by atoms with E-state index in [4.69, 9.17) is 0 Å². The van der Waals surface area contributed by atoms with Gasteiger partial charge in [0, 0.05) is 29.0 Å². The van der Waals surface area contributed by atoms with Crippen LogP contribution in [0.2, 0.25) is 0 Å². The summed E-state index contributed by atoms with van der Waals surface area (Å²) in [6.07, 6.45) is 0. The summed E-state index contributed by atoms with van der Waals surface area (Å²) < 4.78 is 4.20. The van der Waals surface area contributed by atoms with Crippen molar-refractivity contribution in [2.24, 2.45) is 0 Å². The number of hydrogen-bond acceptors (Lipinski definition) is 2. The van der Waals surface area contributed by atoms with Gasteiger partial charge in [0.1, 0.15) is 0 Å². The molecule has 0 N–H and O–H groups in total. The van der Waals surface area contributed by atoms with Crippen molar-refractivity contribution in [3.63, 3.8) is 0 Å². The van der Waals surface area contributed by atoms with Crippen LogP contribution in [0, 0.1) is 6.92 Å². The number of rotatable bonds is 1. The predicted molar refractivity (Wildman–Crippen MR) is 88.3 cm³/mol. The van der Waals surface area contributed by atoms with E-state index < -0.39 is 0 Å². The van der Waals surface area contributed by atoms with Gasteiger partial charge >= 0.3 is 0 Å². The van der Waals surface area contributed by atoms with Crippen LogP contribution in [0.1, 0.15) is 34.0 Å². The number of nitrogens with zero attached hydrogens (tertiary/aromatic N) is 2. The summed E-state index contributed by atoms with van der Waals surface area (Å²) in [7, 11) is 0. The zero-order valence-corrected chi connectivity index (χ0v) is 15.2. The van der Waals surface area contributed by atoms with Gasteiger partial charge in [0.2, 0.25) is 0 Å². The van der Waals surface area contributed by atoms with Gasteiger partial charge in [-0.2, -0.15) is 0 Å². The van der Waals surface area contributed by atoms with Crippen LogP contribution in [-0.2, 0) is 6.54 Å². The molecule has 1 aliphatic heterocycles. The topological polar surface area (TPSA) is 25.2 Å². The van der Waals surface area contributed by atoms with Crippen LogP contribution >= 0.6 is 43.2 Å². The van der Waals surface area contributed by atoms with E-state index in [1.54, 1.807) is 0 Å². The number of aromatic nitrogens is 1. The zero-order chi connectivity index (χ0) is 14.4. The first-order valence-electron chi connectivity index (χ1n) is 6.41. The Bertz CT molecular complexity index is 657. The fraction of sp³-hybridized carbons (Fsp3) is 0.357. The molecule has 1 amide bonds. The lowest BCUT2D eigenvalue weighted by Crippen LogP contribution is -2.40. The molecule has 2 aromatic rings. The Morgan fingerprint density at radius 3 is 2.75 bits per heavy atom. The molecule has 0 spiro atoms. The molecule has 0 saturated carbocycles. The molecule has 3 rings (SSSR count). The normalized spacial score (nSPS) is 18.2. The van der Waals surface area contributed by atoms with E-state index in [-0.39, 0.29) is 11.9 Å². The summed E-state index contributed by atoms with van der Waals surface area (Å²) in [6.45, 7) is 5.84. The van der Waals surface area contributed by atoms with E-state index in [1.165, 1.54) is 22.7 Å². The van der Waals surface area contributed by atoms with Gasteiger partial charge in [0.05, 0.1) is 14.7 Å². The molecule has 0 bridgehead atoms. The molecule has 1 atom stereocenters. The molecule has 3 nitrogen and oxygen atoms in total. The lowest BCUT2D eigenvalue weighted by atomic mass is 10.1. The highest BCUT2D eigenvalue weighted by molar-refractivity contribution is 9.13. The van der Waals surface area contributed by atoms with Crippen LogP contribution in [-0.4, -0.2) is 21.9 Å². The first-order valence-corrected chi connectivity index (χ1v) is 8.81. The summed E-state index contributed by atoms with van der Waals surface area (Å²) >= 11 is 8.37. The molecule has 106 valence electrons. The van der Waals surface area contributed by atoms with Crippen molar-refractivity contribution in [3.8, 4) is 0 Å². The van der Waals surface area contributed by atoms with Crippen LogP contribution in [0.15, 0.2) is 26.5 Å². The van der Waals surface area contributed by atoms with Crippen molar-refractivity contribution < 1.29 is 4.79 Å². The maximum atomic E-state index is 12.7. The highest BCUT2D eigenvalue weighted by atomic mass is 79.9. The number of thiophene rings is 1. The molecule has 6 heteroatoms. The number of carbonyl (C=O) groups is 1. The molecule has 0 aromatic carbocycles. The second kappa shape index (κ2) is 5.31. The van der Waals surface area contributed by atoms with Crippen LogP contribution in [0.3, 0.4) is 0 Å². The number of amides is 1. The van der Waals surface area contributed by atoms with E-state index in [1.807, 2.05) is 11.0 Å². The summed E-state index contributed by atoms with van der Waals surface area (Å²) in [5, 5.41) is 0. The third-order valence-corrected chi connectivity index (χ3v) is 7.05. The smallest absolute Gasteiger partial charge is 0.264 e. The van der Waals surface area contributed by atoms with Gasteiger partial charge in [0.25, 0.3) is 5.91 Å². The van der Waals surface area contributed by atoms with Gasteiger partial charge < -0.3 is 9.47 Å². The lowest BCUT2D eigenvalue weighted by Gasteiger charge is -2.35. The monoisotopic (exact) mass is 416 g/mol. The second-order valence-corrected chi connectivity index (χ2v) is 8.18. The average molecular weight is 418 g/mol. The first kappa shape index (κ1) is 14.4. The minimum Gasteiger partial charge on any atom is -0.345 e. The molecule has 0 saturated heterocycles. The number of halogens is 2. The second-order valence-electron chi connectivity index (χ2n) is 4.96. The van der Waals surface area contributed by atoms with E-state index in [2.05, 4.69) is 62.4 Å². The Morgan fingerprint density at radius 1 is 1.35 bits per heavy atom. The summed E-state index contributed by atoms with van der Waals surface area (Å²) in [5.41, 5.74) is 2.48. The number of carbonyl (C=O) groups excluding carboxylic acids is 1. The zero-order valence-electron chi connectivity index (χ0n) is 11.2. The first-order chi connectivity index (χ1) is 9.49. The third-order valence-electron chi connectivity index (χ3n) is 3.81. The van der Waals surface area contributed by atoms with Crippen molar-refractivity contribution in [2.45, 2.75) is 26.4 Å². The number of fused-ring (bicyclic) bond motifs is 1. The van der Waals surface area contributed by atoms with Crippen molar-refractivity contribution in [1.82, 2.24) is 9.47 Å². The maximum Gasteiger partial charge on any atom is 0.264 e. The molecule has 1 unspecified atom stereocenters. The third kappa shape index (κ3) is 2.27. The fourth-order valence-electron chi connectivity index (χ4n) is 2.69. The van der Waals surface area contributed by atoms with Crippen LogP contribution in [0.5, 0.6) is 0 Å². The van der Waals surface area contributed by atoms with Gasteiger partial charge in [0.15, 0.2) is 0 Å². The maximum absolute atomic E-state index is 12.7. The predicted octanol–water partition coefficient (Wildman–Crippen LogP) is 4.60. The lowest BCUT2D eigenvalue weighted by molar-refractivity contribution is 0.0648. The van der Waals surface area contributed by atoms with Crippen LogP contribution in [0.25, 0.3) is 0 Å². The molecule has 3 heterocycles. The average Bonchev–Trinajstić information content (AvgIpc) is 2.95. The largest absolute Gasteiger partial charge is 0.345 e. The van der Waals surface area contributed by atoms with Gasteiger partial charge in [-0.15, -0.1) is 11.3 Å². The van der Waals surface area contributed by atoms with E-state index in [0.29, 0.717) is 0 Å². The molecule has 0 radical (unpaired) electrons. The van der Waals surface area contributed by atoms with Gasteiger partial charge in [-0.25, -0.2) is 0 Å². The molecule has 0 aliphatic carbocycles. The Morgan fingerprint density at radius 2 is 2.10 bits per heavy atom. The molecule has 20 heavy (non-hydrogen) atoms. The summed E-state index contributed by atoms with van der Waals surface area (Å²) in [6, 6.07) is 6.25. The fourth-order valence-corrected chi connectivity index (χ4v) is 4.68. The van der Waals surface area contributed by atoms with Crippen molar-refractivity contribution in [3.05, 3.63) is 42.7 Å². The van der Waals surface area contributed by atoms with Gasteiger partial charge in [-0.1, -0.05) is 0 Å². The summed E-state index contributed by atoms with van der Waals surface area (Å²) in [5.74, 6) is 0.110. The Kier molecular flexibility index (Phi) is 3.81. The minimum atomic E-state index is 0.110. The van der Waals surface area contributed by atoms with Gasteiger partial charge in [-0.3, -0.25) is 4.79 Å². The van der Waals surface area contributed by atoms with E-state index in [0.717, 1.165) is 26.2 Å². The molecule has 2 aromatic heterocycles. The van der Waals surface area contributed by atoms with Gasteiger partial charge in [-0.05, 0) is 63.9 Å². The van der Waals surface area contributed by atoms with Crippen molar-refractivity contribution >= 4 is 49.1 Å².